The summed E-state index contributed by atoms with van der Waals surface area (Å²) in [5, 5.41) is 72.6. The minimum atomic E-state index is -1.71. The summed E-state index contributed by atoms with van der Waals surface area (Å²) >= 11 is 0. The number of unbranched alkanes of at least 4 members (excludes halogenated alkanes) is 26. The van der Waals surface area contributed by atoms with Gasteiger partial charge in [0.25, 0.3) is 0 Å². The summed E-state index contributed by atoms with van der Waals surface area (Å²) in [6, 6.07) is 0. The fourth-order valence-electron chi connectivity index (χ4n) is 10.1. The van der Waals surface area contributed by atoms with E-state index in [2.05, 4.69) is 98.9 Å². The minimum absolute atomic E-state index is 0.0543. The van der Waals surface area contributed by atoms with Crippen LogP contribution in [-0.2, 0) is 33.2 Å². The lowest BCUT2D eigenvalue weighted by atomic mass is 9.98. The third kappa shape index (κ3) is 40.3. The second-order valence-electron chi connectivity index (χ2n) is 22.9. The van der Waals surface area contributed by atoms with E-state index in [9.17, 15) is 40.5 Å². The van der Waals surface area contributed by atoms with Gasteiger partial charge in [-0.05, 0) is 89.9 Å². The van der Waals surface area contributed by atoms with Crippen molar-refractivity contribution in [2.24, 2.45) is 0 Å². The maximum Gasteiger partial charge on any atom is 0.306 e. The predicted molar refractivity (Wildman–Crippen MR) is 335 cm³/mol. The first-order chi connectivity index (χ1) is 40.6. The van der Waals surface area contributed by atoms with Crippen LogP contribution >= 0.6 is 0 Å². The van der Waals surface area contributed by atoms with E-state index < -0.39 is 80.7 Å². The molecule has 0 aliphatic carbocycles. The molecule has 2 aliphatic rings. The highest BCUT2D eigenvalue weighted by Crippen LogP contribution is 2.27. The Morgan fingerprint density at radius 1 is 0.410 bits per heavy atom. The highest BCUT2D eigenvalue weighted by Gasteiger charge is 2.47. The predicted octanol–water partition coefficient (Wildman–Crippen LogP) is 13.5. The van der Waals surface area contributed by atoms with Crippen molar-refractivity contribution in [3.8, 4) is 0 Å². The fourth-order valence-corrected chi connectivity index (χ4v) is 10.1. The van der Waals surface area contributed by atoms with Crippen LogP contribution < -0.4 is 0 Å². The molecule has 2 heterocycles. The van der Waals surface area contributed by atoms with Gasteiger partial charge >= 0.3 is 5.97 Å². The molecule has 83 heavy (non-hydrogen) atoms. The van der Waals surface area contributed by atoms with E-state index in [0.717, 1.165) is 89.9 Å². The lowest BCUT2D eigenvalue weighted by molar-refractivity contribution is -0.332. The summed E-state index contributed by atoms with van der Waals surface area (Å²) in [6.07, 6.45) is 56.4. The number of rotatable bonds is 54. The van der Waals surface area contributed by atoms with Crippen LogP contribution in [0.1, 0.15) is 245 Å². The quantitative estimate of drug-likeness (QED) is 0.0171. The molecule has 0 saturated carbocycles. The molecule has 2 fully saturated rings. The van der Waals surface area contributed by atoms with Crippen LogP contribution in [0.5, 0.6) is 0 Å². The Balaban J connectivity index is 1.67. The summed E-state index contributed by atoms with van der Waals surface area (Å²) in [5.74, 6) is -0.381. The van der Waals surface area contributed by atoms with Gasteiger partial charge in [-0.25, -0.2) is 0 Å². The molecule has 7 N–H and O–H groups in total. The molecule has 0 radical (unpaired) electrons. The van der Waals surface area contributed by atoms with E-state index in [1.54, 1.807) is 0 Å². The molecule has 0 spiro atoms. The molecule has 0 amide bonds. The molecule has 0 aromatic heterocycles. The lowest BCUT2D eigenvalue weighted by Crippen LogP contribution is -2.61. The SMILES string of the molecule is CC/C=C\C/C=C\C/C=C\C/C=C\CCCCCCCCCCCCCOCC(COC1OC(COC2OC(CO)C(O)C(O)C2O)C(O)C(O)C1O)OC(=O)CCCCCCCCCCCC/C=C\C/C=C\C/C=C\CCCCCCC. The Labute approximate surface area is 503 Å². The van der Waals surface area contributed by atoms with Crippen molar-refractivity contribution < 1.29 is 69.0 Å². The molecule has 14 heteroatoms. The van der Waals surface area contributed by atoms with Crippen molar-refractivity contribution in [1.82, 2.24) is 0 Å². The van der Waals surface area contributed by atoms with Crippen LogP contribution in [0, 0.1) is 0 Å². The normalized spacial score (nSPS) is 24.0. The molecule has 2 rings (SSSR count). The van der Waals surface area contributed by atoms with Gasteiger partial charge in [0.1, 0.15) is 54.9 Å². The number of aliphatic hydroxyl groups excluding tert-OH is 7. The van der Waals surface area contributed by atoms with Crippen LogP contribution in [0.4, 0.5) is 0 Å². The smallest absolute Gasteiger partial charge is 0.306 e. The van der Waals surface area contributed by atoms with Crippen molar-refractivity contribution >= 4 is 5.97 Å². The molecule has 0 aromatic rings. The molecule has 11 atom stereocenters. The molecule has 0 bridgehead atoms. The van der Waals surface area contributed by atoms with Crippen molar-refractivity contribution in [3.05, 3.63) is 85.1 Å². The number of carbonyl (C=O) groups excluding carboxylic acids is 1. The van der Waals surface area contributed by atoms with Gasteiger partial charge in [0.2, 0.25) is 0 Å². The Kier molecular flexibility index (Phi) is 50.1. The van der Waals surface area contributed by atoms with E-state index in [4.69, 9.17) is 28.4 Å². The van der Waals surface area contributed by atoms with Crippen molar-refractivity contribution in [2.75, 3.05) is 33.0 Å². The maximum absolute atomic E-state index is 13.1. The average molecular weight is 1170 g/mol. The number of esters is 1. The highest BCUT2D eigenvalue weighted by molar-refractivity contribution is 5.69. The second kappa shape index (κ2) is 54.6. The van der Waals surface area contributed by atoms with Crippen molar-refractivity contribution in [3.63, 3.8) is 0 Å². The summed E-state index contributed by atoms with van der Waals surface area (Å²) in [4.78, 5) is 13.1. The Bertz CT molecular complexity index is 1690. The Hall–Kier alpha value is -2.83. The molecule has 0 aromatic carbocycles. The van der Waals surface area contributed by atoms with E-state index in [1.165, 1.54) is 128 Å². The van der Waals surface area contributed by atoms with Crippen LogP contribution in [0.15, 0.2) is 85.1 Å². The maximum atomic E-state index is 13.1. The van der Waals surface area contributed by atoms with Gasteiger partial charge < -0.3 is 64.2 Å². The first-order valence-corrected chi connectivity index (χ1v) is 33.2. The molecule has 11 unspecified atom stereocenters. The van der Waals surface area contributed by atoms with Gasteiger partial charge in [-0.3, -0.25) is 4.79 Å². The Morgan fingerprint density at radius 2 is 0.783 bits per heavy atom. The zero-order valence-electron chi connectivity index (χ0n) is 51.9. The lowest BCUT2D eigenvalue weighted by Gasteiger charge is -2.42. The highest BCUT2D eigenvalue weighted by atomic mass is 16.7. The number of hydrogen-bond acceptors (Lipinski definition) is 14. The van der Waals surface area contributed by atoms with Crippen LogP contribution in [0.2, 0.25) is 0 Å². The third-order valence-corrected chi connectivity index (χ3v) is 15.4. The van der Waals surface area contributed by atoms with Gasteiger partial charge in [0, 0.05) is 13.0 Å². The van der Waals surface area contributed by atoms with Crippen molar-refractivity contribution in [1.29, 1.82) is 0 Å². The van der Waals surface area contributed by atoms with Crippen LogP contribution in [0.3, 0.4) is 0 Å². The second-order valence-corrected chi connectivity index (χ2v) is 22.9. The molecule has 14 nitrogen and oxygen atoms in total. The van der Waals surface area contributed by atoms with E-state index >= 15 is 0 Å². The van der Waals surface area contributed by atoms with Crippen molar-refractivity contribution in [2.45, 2.75) is 313 Å². The van der Waals surface area contributed by atoms with Gasteiger partial charge in [-0.2, -0.15) is 0 Å². The summed E-state index contributed by atoms with van der Waals surface area (Å²) in [6.45, 7) is 3.57. The van der Waals surface area contributed by atoms with Crippen LogP contribution in [0.25, 0.3) is 0 Å². The molecular weight excluding hydrogens is 1050 g/mol. The fraction of sp³-hybridized carbons (Fsp3) is 0.783. The monoisotopic (exact) mass is 1170 g/mol. The van der Waals surface area contributed by atoms with Gasteiger partial charge in [-0.15, -0.1) is 0 Å². The third-order valence-electron chi connectivity index (χ3n) is 15.4. The number of allylic oxidation sites excluding steroid dienone is 14. The topological polar surface area (TPSA) is 214 Å². The van der Waals surface area contributed by atoms with E-state index in [-0.39, 0.29) is 25.6 Å². The van der Waals surface area contributed by atoms with Gasteiger partial charge in [-0.1, -0.05) is 234 Å². The Morgan fingerprint density at radius 3 is 1.23 bits per heavy atom. The molecule has 2 aliphatic heterocycles. The first-order valence-electron chi connectivity index (χ1n) is 33.2. The van der Waals surface area contributed by atoms with E-state index in [1.807, 2.05) is 0 Å². The number of ether oxygens (including phenoxy) is 6. The van der Waals surface area contributed by atoms with Gasteiger partial charge in [0.05, 0.1) is 26.4 Å². The molecule has 2 saturated heterocycles. The number of aliphatic hydroxyl groups is 7. The first kappa shape index (κ1) is 76.3. The molecule has 480 valence electrons. The van der Waals surface area contributed by atoms with Gasteiger partial charge in [0.15, 0.2) is 12.6 Å². The average Bonchev–Trinajstić information content (AvgIpc) is 3.67. The number of hydrogen-bond donors (Lipinski definition) is 7. The minimum Gasteiger partial charge on any atom is -0.457 e. The largest absolute Gasteiger partial charge is 0.457 e. The van der Waals surface area contributed by atoms with Crippen LogP contribution in [-0.4, -0.2) is 142 Å². The summed E-state index contributed by atoms with van der Waals surface area (Å²) < 4.78 is 34.5. The zero-order valence-corrected chi connectivity index (χ0v) is 51.9. The summed E-state index contributed by atoms with van der Waals surface area (Å²) in [7, 11) is 0. The zero-order chi connectivity index (χ0) is 60.1. The van der Waals surface area contributed by atoms with E-state index in [0.29, 0.717) is 13.0 Å². The standard InChI is InChI=1S/C69H120O14/c1-3-5-7-9-11-13-15-17-19-21-23-25-27-29-30-32-34-36-38-40-42-44-46-48-50-52-61(71)81-58(56-79-68-67(77)65(75)63(73)60(83-68)57-80-69-66(76)64(74)62(72)59(54-70)82-69)55-78-53-51-49-47-45-43-41-39-37-35-33-31-28-26-24-22-20-18-16-14-12-10-8-6-4-2/h6,8,12,14-15,17-18,20-21,23-24,26-27,29,58-60,62-70,72-77H,3-5,7,9-11,13,16,19,22,25,28,30-57H2,1-2H3/b8-6-,14-12-,17-15-,20-18-,23-21-,26-24-,29-27-. The molecular formula is C69H120O14. The number of carbonyl (C=O) groups is 1. The summed E-state index contributed by atoms with van der Waals surface area (Å²) in [5.41, 5.74) is 0.